The summed E-state index contributed by atoms with van der Waals surface area (Å²) in [5, 5.41) is 10.8. The van der Waals surface area contributed by atoms with Crippen molar-refractivity contribution < 1.29 is 14.3 Å². The van der Waals surface area contributed by atoms with Crippen LogP contribution in [0.1, 0.15) is 21.5 Å². The molecule has 11 heteroatoms. The zero-order valence-electron chi connectivity index (χ0n) is 22.1. The van der Waals surface area contributed by atoms with Crippen LogP contribution in [0.2, 0.25) is 5.02 Å². The average molecular weight is 774 g/mol. The Morgan fingerprint density at radius 3 is 2.50 bits per heavy atom. The van der Waals surface area contributed by atoms with Crippen molar-refractivity contribution in [1.82, 2.24) is 10.4 Å². The number of hydrogen-bond donors (Lipinski definition) is 2. The van der Waals surface area contributed by atoms with E-state index in [1.165, 1.54) is 11.3 Å². The fraction of sp³-hybridized carbons (Fsp3) is 0.0645. The first kappa shape index (κ1) is 30.0. The molecule has 0 bridgehead atoms. The predicted molar refractivity (Wildman–Crippen MR) is 182 cm³/mol. The summed E-state index contributed by atoms with van der Waals surface area (Å²) in [5.74, 6) is 0.819. The monoisotopic (exact) mass is 772 g/mol. The summed E-state index contributed by atoms with van der Waals surface area (Å²) in [7, 11) is 1.58. The Bertz CT molecular complexity index is 1710. The maximum absolute atomic E-state index is 12.7. The first-order valence-electron chi connectivity index (χ1n) is 12.5. The SMILES string of the molecule is COc1cc(/C=N\NC(=O)c2ccc(-c3csc(Nc4ccc(Cl)cc4)n3)cc2)c(Br)cc1OCc1ccc(I)cc1. The molecule has 2 N–H and O–H groups in total. The van der Waals surface area contributed by atoms with Crippen LogP contribution >= 0.6 is 61.5 Å². The summed E-state index contributed by atoms with van der Waals surface area (Å²) < 4.78 is 13.4. The smallest absolute Gasteiger partial charge is 0.271 e. The van der Waals surface area contributed by atoms with Crippen molar-refractivity contribution in [3.8, 4) is 22.8 Å². The third kappa shape index (κ3) is 7.88. The highest BCUT2D eigenvalue weighted by Crippen LogP contribution is 2.33. The topological polar surface area (TPSA) is 84.8 Å². The van der Waals surface area contributed by atoms with Crippen LogP contribution in [0.5, 0.6) is 11.5 Å². The van der Waals surface area contributed by atoms with Gasteiger partial charge >= 0.3 is 0 Å². The lowest BCUT2D eigenvalue weighted by atomic mass is 10.1. The summed E-state index contributed by atoms with van der Waals surface area (Å²) >= 11 is 13.3. The van der Waals surface area contributed by atoms with Crippen molar-refractivity contribution in [3.63, 3.8) is 0 Å². The largest absolute Gasteiger partial charge is 0.493 e. The molecule has 0 saturated heterocycles. The lowest BCUT2D eigenvalue weighted by Crippen LogP contribution is -2.17. The van der Waals surface area contributed by atoms with E-state index in [9.17, 15) is 4.79 Å². The molecular weight excluding hydrogens is 751 g/mol. The number of thiazole rings is 1. The number of rotatable bonds is 10. The van der Waals surface area contributed by atoms with Crippen LogP contribution in [0.4, 0.5) is 10.8 Å². The molecule has 0 fully saturated rings. The van der Waals surface area contributed by atoms with Crippen molar-refractivity contribution in [2.45, 2.75) is 6.61 Å². The summed E-state index contributed by atoms with van der Waals surface area (Å²) in [6.07, 6.45) is 1.55. The Kier molecular flexibility index (Phi) is 10.1. The molecule has 0 aliphatic rings. The second-order valence-electron chi connectivity index (χ2n) is 8.89. The minimum absolute atomic E-state index is 0.332. The quantitative estimate of drug-likeness (QED) is 0.0842. The van der Waals surface area contributed by atoms with Crippen LogP contribution in [-0.2, 0) is 6.61 Å². The van der Waals surface area contributed by atoms with Gasteiger partial charge in [-0.15, -0.1) is 11.3 Å². The zero-order chi connectivity index (χ0) is 29.5. The van der Waals surface area contributed by atoms with Gasteiger partial charge in [0, 0.05) is 40.8 Å². The predicted octanol–water partition coefficient (Wildman–Crippen LogP) is 8.93. The van der Waals surface area contributed by atoms with Gasteiger partial charge in [0.15, 0.2) is 16.6 Å². The molecule has 0 unspecified atom stereocenters. The van der Waals surface area contributed by atoms with E-state index < -0.39 is 0 Å². The van der Waals surface area contributed by atoms with Crippen LogP contribution < -0.4 is 20.2 Å². The van der Waals surface area contributed by atoms with Gasteiger partial charge in [-0.3, -0.25) is 4.79 Å². The fourth-order valence-electron chi connectivity index (χ4n) is 3.80. The highest BCUT2D eigenvalue weighted by Gasteiger charge is 2.11. The van der Waals surface area contributed by atoms with E-state index in [0.717, 1.165) is 41.2 Å². The van der Waals surface area contributed by atoms with Gasteiger partial charge in [-0.2, -0.15) is 5.10 Å². The van der Waals surface area contributed by atoms with E-state index >= 15 is 0 Å². The van der Waals surface area contributed by atoms with Crippen LogP contribution in [0.3, 0.4) is 0 Å². The molecule has 42 heavy (non-hydrogen) atoms. The number of anilines is 2. The third-order valence-corrected chi connectivity index (χ3v) is 8.42. The standard InChI is InChI=1S/C31H23BrClIN4O3S/c1-40-28-14-22(26(32)15-29(28)41-17-19-2-10-24(34)11-3-19)16-35-38-30(39)21-6-4-20(5-7-21)27-18-42-31(37-27)36-25-12-8-23(33)9-13-25/h2-16,18H,17H2,1H3,(H,36,37)(H,38,39)/b35-16-. The highest BCUT2D eigenvalue weighted by molar-refractivity contribution is 14.1. The molecule has 7 nitrogen and oxygen atoms in total. The van der Waals surface area contributed by atoms with Gasteiger partial charge < -0.3 is 14.8 Å². The molecule has 1 heterocycles. The molecular formula is C31H23BrClIN4O3S. The third-order valence-electron chi connectivity index (χ3n) is 6.00. The Morgan fingerprint density at radius 1 is 1.05 bits per heavy atom. The van der Waals surface area contributed by atoms with Gasteiger partial charge in [-0.1, -0.05) is 35.9 Å². The van der Waals surface area contributed by atoms with Crippen LogP contribution in [-0.4, -0.2) is 24.2 Å². The number of hydrogen-bond acceptors (Lipinski definition) is 7. The van der Waals surface area contributed by atoms with Gasteiger partial charge in [0.05, 0.1) is 19.0 Å². The van der Waals surface area contributed by atoms with E-state index in [-0.39, 0.29) is 5.91 Å². The molecule has 1 aromatic heterocycles. The summed E-state index contributed by atoms with van der Waals surface area (Å²) in [5.41, 5.74) is 7.44. The van der Waals surface area contributed by atoms with Gasteiger partial charge in [-0.25, -0.2) is 10.4 Å². The molecule has 0 atom stereocenters. The van der Waals surface area contributed by atoms with Crippen molar-refractivity contribution in [2.24, 2.45) is 5.10 Å². The molecule has 212 valence electrons. The van der Waals surface area contributed by atoms with E-state index in [1.807, 2.05) is 72.1 Å². The minimum Gasteiger partial charge on any atom is -0.493 e. The Balaban J connectivity index is 1.18. The van der Waals surface area contributed by atoms with E-state index in [4.69, 9.17) is 21.1 Å². The van der Waals surface area contributed by atoms with Gasteiger partial charge in [-0.05, 0) is 105 Å². The van der Waals surface area contributed by atoms with Gasteiger partial charge in [0.25, 0.3) is 5.91 Å². The van der Waals surface area contributed by atoms with Crippen LogP contribution in [0, 0.1) is 3.57 Å². The Morgan fingerprint density at radius 2 is 1.79 bits per heavy atom. The molecule has 5 rings (SSSR count). The number of amides is 1. The molecule has 1 amide bonds. The molecule has 0 saturated carbocycles. The van der Waals surface area contributed by atoms with Crippen molar-refractivity contribution in [1.29, 1.82) is 0 Å². The van der Waals surface area contributed by atoms with Crippen LogP contribution in [0.15, 0.2) is 99.9 Å². The second kappa shape index (κ2) is 14.1. The molecule has 0 radical (unpaired) electrons. The maximum Gasteiger partial charge on any atom is 0.271 e. The summed E-state index contributed by atoms with van der Waals surface area (Å²) in [6.45, 7) is 0.409. The number of ether oxygens (including phenoxy) is 2. The molecule has 0 aliphatic carbocycles. The van der Waals surface area contributed by atoms with Gasteiger partial charge in [0.1, 0.15) is 6.61 Å². The number of hydrazone groups is 1. The fourth-order valence-corrected chi connectivity index (χ4v) is 5.45. The number of nitrogens with zero attached hydrogens (tertiary/aromatic N) is 2. The summed E-state index contributed by atoms with van der Waals surface area (Å²) in [6, 6.07) is 26.4. The normalized spacial score (nSPS) is 11.0. The summed E-state index contributed by atoms with van der Waals surface area (Å²) in [4.78, 5) is 17.3. The number of carbonyl (C=O) groups is 1. The number of methoxy groups -OCH3 is 1. The molecule has 0 aliphatic heterocycles. The van der Waals surface area contributed by atoms with E-state index in [0.29, 0.717) is 28.7 Å². The van der Waals surface area contributed by atoms with Crippen molar-refractivity contribution >= 4 is 84.4 Å². The maximum atomic E-state index is 12.7. The minimum atomic E-state index is -0.332. The first-order valence-corrected chi connectivity index (χ1v) is 15.7. The van der Waals surface area contributed by atoms with Crippen molar-refractivity contribution in [2.75, 3.05) is 12.4 Å². The number of halogens is 3. The van der Waals surface area contributed by atoms with Crippen LogP contribution in [0.25, 0.3) is 11.3 Å². The average Bonchev–Trinajstić information content (AvgIpc) is 3.47. The molecule has 4 aromatic carbocycles. The van der Waals surface area contributed by atoms with Crippen molar-refractivity contribution in [3.05, 3.63) is 120 Å². The number of benzene rings is 4. The first-order chi connectivity index (χ1) is 20.4. The Labute approximate surface area is 274 Å². The second-order valence-corrected chi connectivity index (χ2v) is 12.3. The molecule has 5 aromatic rings. The van der Waals surface area contributed by atoms with Gasteiger partial charge in [0.2, 0.25) is 0 Å². The molecule has 0 spiro atoms. The lowest BCUT2D eigenvalue weighted by molar-refractivity contribution is 0.0955. The lowest BCUT2D eigenvalue weighted by Gasteiger charge is -2.13. The van der Waals surface area contributed by atoms with E-state index in [2.05, 4.69) is 59.3 Å². The highest BCUT2D eigenvalue weighted by atomic mass is 127. The van der Waals surface area contributed by atoms with E-state index in [1.54, 1.807) is 31.5 Å². The number of aromatic nitrogens is 1. The number of carbonyl (C=O) groups excluding carboxylic acids is 1. The zero-order valence-corrected chi connectivity index (χ0v) is 27.4. The number of nitrogens with one attached hydrogen (secondary N) is 2. The Hall–Kier alpha value is -3.45.